The molecule has 0 amide bonds. The molecule has 0 aliphatic carbocycles. The summed E-state index contributed by atoms with van der Waals surface area (Å²) < 4.78 is 11.1. The van der Waals surface area contributed by atoms with Gasteiger partial charge in [0.15, 0.2) is 11.5 Å². The van der Waals surface area contributed by atoms with Gasteiger partial charge in [0, 0.05) is 15.6 Å². The van der Waals surface area contributed by atoms with Crippen molar-refractivity contribution in [1.82, 2.24) is 0 Å². The number of hydrogen-bond acceptors (Lipinski definition) is 3. The second-order valence-corrected chi connectivity index (χ2v) is 3.77. The van der Waals surface area contributed by atoms with Crippen molar-refractivity contribution in [2.75, 3.05) is 14.2 Å². The van der Waals surface area contributed by atoms with E-state index >= 15 is 0 Å². The SMILES string of the molecule is COc1c(C)c(Br)c(C)c(O)c1OC. The third-order valence-electron chi connectivity index (χ3n) is 2.18. The van der Waals surface area contributed by atoms with Crippen LogP contribution in [-0.4, -0.2) is 19.3 Å². The Morgan fingerprint density at radius 3 is 1.93 bits per heavy atom. The average molecular weight is 261 g/mol. The number of rotatable bonds is 2. The molecule has 0 unspecified atom stereocenters. The molecule has 1 rings (SSSR count). The van der Waals surface area contributed by atoms with Crippen LogP contribution < -0.4 is 9.47 Å². The van der Waals surface area contributed by atoms with E-state index in [2.05, 4.69) is 15.9 Å². The number of aromatic hydroxyl groups is 1. The molecule has 14 heavy (non-hydrogen) atoms. The Morgan fingerprint density at radius 1 is 1.00 bits per heavy atom. The van der Waals surface area contributed by atoms with E-state index in [1.54, 1.807) is 7.11 Å². The highest BCUT2D eigenvalue weighted by molar-refractivity contribution is 9.10. The summed E-state index contributed by atoms with van der Waals surface area (Å²) in [5, 5.41) is 9.78. The lowest BCUT2D eigenvalue weighted by molar-refractivity contribution is 0.330. The standard InChI is InChI=1S/C10H13BrO3/c1-5-7(11)6(2)9(13-3)10(14-4)8(5)12/h12H,1-4H3. The largest absolute Gasteiger partial charge is 0.504 e. The Labute approximate surface area is 91.8 Å². The number of halogens is 1. The highest BCUT2D eigenvalue weighted by atomic mass is 79.9. The van der Waals surface area contributed by atoms with E-state index in [1.165, 1.54) is 7.11 Å². The number of phenols is 1. The highest BCUT2D eigenvalue weighted by Crippen LogP contribution is 2.45. The molecule has 0 atom stereocenters. The van der Waals surface area contributed by atoms with Crippen LogP contribution in [0.5, 0.6) is 17.2 Å². The number of phenolic OH excluding ortho intramolecular Hbond substituents is 1. The summed E-state index contributed by atoms with van der Waals surface area (Å²) in [4.78, 5) is 0. The quantitative estimate of drug-likeness (QED) is 0.889. The number of benzene rings is 1. The molecule has 0 aliphatic rings. The first kappa shape index (κ1) is 11.2. The lowest BCUT2D eigenvalue weighted by Gasteiger charge is -2.15. The summed E-state index contributed by atoms with van der Waals surface area (Å²) in [5.74, 6) is 1.05. The van der Waals surface area contributed by atoms with Crippen molar-refractivity contribution >= 4 is 15.9 Å². The van der Waals surface area contributed by atoms with Gasteiger partial charge in [0.1, 0.15) is 0 Å². The van der Waals surface area contributed by atoms with Gasteiger partial charge in [0.05, 0.1) is 14.2 Å². The van der Waals surface area contributed by atoms with Crippen LogP contribution in [0.3, 0.4) is 0 Å². The van der Waals surface area contributed by atoms with E-state index in [-0.39, 0.29) is 5.75 Å². The van der Waals surface area contributed by atoms with Crippen molar-refractivity contribution < 1.29 is 14.6 Å². The molecule has 0 fully saturated rings. The van der Waals surface area contributed by atoms with Gasteiger partial charge in [-0.3, -0.25) is 0 Å². The molecule has 0 saturated heterocycles. The first-order chi connectivity index (χ1) is 6.54. The molecule has 78 valence electrons. The lowest BCUT2D eigenvalue weighted by atomic mass is 10.1. The molecular weight excluding hydrogens is 248 g/mol. The van der Waals surface area contributed by atoms with Crippen molar-refractivity contribution in [3.63, 3.8) is 0 Å². The minimum Gasteiger partial charge on any atom is -0.504 e. The first-order valence-corrected chi connectivity index (χ1v) is 4.93. The highest BCUT2D eigenvalue weighted by Gasteiger charge is 2.19. The zero-order valence-electron chi connectivity index (χ0n) is 8.64. The average Bonchev–Trinajstić information content (AvgIpc) is 2.20. The van der Waals surface area contributed by atoms with Crippen molar-refractivity contribution in [3.8, 4) is 17.2 Å². The van der Waals surface area contributed by atoms with E-state index in [9.17, 15) is 5.11 Å². The van der Waals surface area contributed by atoms with Gasteiger partial charge in [-0.15, -0.1) is 0 Å². The van der Waals surface area contributed by atoms with Gasteiger partial charge >= 0.3 is 0 Å². The first-order valence-electron chi connectivity index (χ1n) is 4.14. The zero-order chi connectivity index (χ0) is 10.9. The van der Waals surface area contributed by atoms with Crippen molar-refractivity contribution in [2.45, 2.75) is 13.8 Å². The summed E-state index contributed by atoms with van der Waals surface area (Å²) in [5.41, 5.74) is 1.67. The fourth-order valence-electron chi connectivity index (χ4n) is 1.37. The molecule has 0 aliphatic heterocycles. The van der Waals surface area contributed by atoms with E-state index in [1.807, 2.05) is 13.8 Å². The van der Waals surface area contributed by atoms with Gasteiger partial charge in [-0.25, -0.2) is 0 Å². The molecule has 0 heterocycles. The maximum atomic E-state index is 9.78. The van der Waals surface area contributed by atoms with Crippen LogP contribution in [0.4, 0.5) is 0 Å². The van der Waals surface area contributed by atoms with Crippen LogP contribution >= 0.6 is 15.9 Å². The minimum atomic E-state index is 0.113. The molecule has 0 spiro atoms. The molecule has 4 heteroatoms. The molecular formula is C10H13BrO3. The van der Waals surface area contributed by atoms with Crippen LogP contribution in [0.15, 0.2) is 4.47 Å². The summed E-state index contributed by atoms with van der Waals surface area (Å²) in [7, 11) is 3.05. The van der Waals surface area contributed by atoms with Crippen LogP contribution in [-0.2, 0) is 0 Å². The van der Waals surface area contributed by atoms with Crippen molar-refractivity contribution in [3.05, 3.63) is 15.6 Å². The fraction of sp³-hybridized carbons (Fsp3) is 0.400. The van der Waals surface area contributed by atoms with Gasteiger partial charge < -0.3 is 14.6 Å². The molecule has 0 radical (unpaired) electrons. The summed E-state index contributed by atoms with van der Waals surface area (Å²) >= 11 is 3.39. The van der Waals surface area contributed by atoms with Gasteiger partial charge in [-0.05, 0) is 29.8 Å². The number of hydrogen-bond donors (Lipinski definition) is 1. The van der Waals surface area contributed by atoms with E-state index in [0.29, 0.717) is 11.5 Å². The second-order valence-electron chi connectivity index (χ2n) is 2.98. The summed E-state index contributed by atoms with van der Waals surface area (Å²) in [6, 6.07) is 0. The smallest absolute Gasteiger partial charge is 0.203 e. The Balaban J connectivity index is 3.57. The number of methoxy groups -OCH3 is 2. The van der Waals surface area contributed by atoms with Gasteiger partial charge in [0.25, 0.3) is 0 Å². The Hall–Kier alpha value is -0.900. The lowest BCUT2D eigenvalue weighted by Crippen LogP contribution is -1.96. The summed E-state index contributed by atoms with van der Waals surface area (Å²) in [6.45, 7) is 3.71. The Morgan fingerprint density at radius 2 is 1.50 bits per heavy atom. The fourth-order valence-corrected chi connectivity index (χ4v) is 1.74. The van der Waals surface area contributed by atoms with Crippen LogP contribution in [0, 0.1) is 13.8 Å². The second kappa shape index (κ2) is 4.09. The molecule has 0 bridgehead atoms. The number of ether oxygens (including phenoxy) is 2. The predicted octanol–water partition coefficient (Wildman–Crippen LogP) is 2.79. The van der Waals surface area contributed by atoms with E-state index in [4.69, 9.17) is 9.47 Å². The van der Waals surface area contributed by atoms with Gasteiger partial charge in [-0.2, -0.15) is 0 Å². The molecule has 1 aromatic rings. The van der Waals surface area contributed by atoms with Crippen LogP contribution in [0.1, 0.15) is 11.1 Å². The van der Waals surface area contributed by atoms with Gasteiger partial charge in [-0.1, -0.05) is 0 Å². The maximum absolute atomic E-state index is 9.78. The van der Waals surface area contributed by atoms with Crippen molar-refractivity contribution in [1.29, 1.82) is 0 Å². The third kappa shape index (κ3) is 1.54. The Kier molecular flexibility index (Phi) is 3.26. The zero-order valence-corrected chi connectivity index (χ0v) is 10.2. The van der Waals surface area contributed by atoms with Crippen molar-refractivity contribution in [2.24, 2.45) is 0 Å². The van der Waals surface area contributed by atoms with E-state index < -0.39 is 0 Å². The predicted molar refractivity (Wildman–Crippen MR) is 58.4 cm³/mol. The normalized spacial score (nSPS) is 10.1. The molecule has 0 saturated carbocycles. The molecule has 1 aromatic carbocycles. The monoisotopic (exact) mass is 260 g/mol. The Bertz CT molecular complexity index is 326. The third-order valence-corrected chi connectivity index (χ3v) is 3.37. The van der Waals surface area contributed by atoms with Crippen LogP contribution in [0.25, 0.3) is 0 Å². The van der Waals surface area contributed by atoms with Gasteiger partial charge in [0.2, 0.25) is 5.75 Å². The maximum Gasteiger partial charge on any atom is 0.203 e. The minimum absolute atomic E-state index is 0.113. The molecule has 1 N–H and O–H groups in total. The van der Waals surface area contributed by atoms with E-state index in [0.717, 1.165) is 15.6 Å². The topological polar surface area (TPSA) is 38.7 Å². The van der Waals surface area contributed by atoms with Crippen LogP contribution in [0.2, 0.25) is 0 Å². The molecule has 3 nitrogen and oxygen atoms in total. The molecule has 0 aromatic heterocycles. The summed E-state index contributed by atoms with van der Waals surface area (Å²) in [6.07, 6.45) is 0.